The maximum atomic E-state index is 12.8. The lowest BCUT2D eigenvalue weighted by atomic mass is 10.2. The van der Waals surface area contributed by atoms with E-state index in [0.717, 1.165) is 22.6 Å². The predicted molar refractivity (Wildman–Crippen MR) is 104 cm³/mol. The first-order valence-corrected chi connectivity index (χ1v) is 9.39. The van der Waals surface area contributed by atoms with Gasteiger partial charge in [0.05, 0.1) is 11.3 Å². The second-order valence-corrected chi connectivity index (χ2v) is 7.19. The standard InChI is InChI=1S/C19H18ClN3O2S/c1-11-16(20)7-4-8-17(11)22-18(24)14-6-5-9-21-19(14)26-10-15-12(2)23-25-13(15)3/h4-9H,10H2,1-3H3,(H,22,24). The molecule has 2 aromatic heterocycles. The topological polar surface area (TPSA) is 68.0 Å². The second-order valence-electron chi connectivity index (χ2n) is 5.81. The Morgan fingerprint density at radius 3 is 2.77 bits per heavy atom. The van der Waals surface area contributed by atoms with Crippen molar-refractivity contribution in [3.05, 3.63) is 69.7 Å². The van der Waals surface area contributed by atoms with Crippen LogP contribution in [0, 0.1) is 20.8 Å². The summed E-state index contributed by atoms with van der Waals surface area (Å²) in [7, 11) is 0. The summed E-state index contributed by atoms with van der Waals surface area (Å²) in [6.07, 6.45) is 1.68. The summed E-state index contributed by atoms with van der Waals surface area (Å²) >= 11 is 7.61. The van der Waals surface area contributed by atoms with Crippen molar-refractivity contribution in [2.24, 2.45) is 0 Å². The lowest BCUT2D eigenvalue weighted by Gasteiger charge is -2.11. The van der Waals surface area contributed by atoms with Gasteiger partial charge in [0, 0.05) is 28.2 Å². The number of carbonyl (C=O) groups excluding carboxylic acids is 1. The van der Waals surface area contributed by atoms with Gasteiger partial charge in [0.15, 0.2) is 0 Å². The molecule has 0 unspecified atom stereocenters. The number of benzene rings is 1. The molecule has 0 radical (unpaired) electrons. The minimum Gasteiger partial charge on any atom is -0.361 e. The van der Waals surface area contributed by atoms with Crippen LogP contribution in [0.3, 0.4) is 0 Å². The highest BCUT2D eigenvalue weighted by Gasteiger charge is 2.16. The van der Waals surface area contributed by atoms with Gasteiger partial charge in [0.2, 0.25) is 0 Å². The molecular formula is C19H18ClN3O2S. The van der Waals surface area contributed by atoms with E-state index in [-0.39, 0.29) is 5.91 Å². The van der Waals surface area contributed by atoms with Crippen LogP contribution >= 0.6 is 23.4 Å². The summed E-state index contributed by atoms with van der Waals surface area (Å²) in [5.74, 6) is 1.20. The average molecular weight is 388 g/mol. The van der Waals surface area contributed by atoms with Crippen LogP contribution < -0.4 is 5.32 Å². The van der Waals surface area contributed by atoms with Crippen LogP contribution in [0.25, 0.3) is 0 Å². The maximum absolute atomic E-state index is 12.8. The smallest absolute Gasteiger partial charge is 0.258 e. The van der Waals surface area contributed by atoms with Crippen molar-refractivity contribution < 1.29 is 9.32 Å². The number of nitrogens with one attached hydrogen (secondary N) is 1. The second kappa shape index (κ2) is 7.93. The van der Waals surface area contributed by atoms with Gasteiger partial charge in [-0.2, -0.15) is 0 Å². The number of halogens is 1. The van der Waals surface area contributed by atoms with Crippen LogP contribution in [-0.4, -0.2) is 16.0 Å². The molecule has 0 saturated carbocycles. The molecule has 0 saturated heterocycles. The fourth-order valence-corrected chi connectivity index (χ4v) is 3.78. The summed E-state index contributed by atoms with van der Waals surface area (Å²) in [5, 5.41) is 8.15. The van der Waals surface area contributed by atoms with E-state index < -0.39 is 0 Å². The van der Waals surface area contributed by atoms with Gasteiger partial charge < -0.3 is 9.84 Å². The van der Waals surface area contributed by atoms with E-state index in [1.165, 1.54) is 11.8 Å². The van der Waals surface area contributed by atoms with Gasteiger partial charge in [0.1, 0.15) is 10.8 Å². The van der Waals surface area contributed by atoms with Crippen molar-refractivity contribution in [1.82, 2.24) is 10.1 Å². The van der Waals surface area contributed by atoms with E-state index in [9.17, 15) is 4.79 Å². The number of aryl methyl sites for hydroxylation is 2. The third-order valence-electron chi connectivity index (χ3n) is 4.07. The minimum atomic E-state index is -0.218. The Balaban J connectivity index is 1.80. The molecular weight excluding hydrogens is 370 g/mol. The van der Waals surface area contributed by atoms with Crippen LogP contribution in [0.15, 0.2) is 46.1 Å². The number of hydrogen-bond acceptors (Lipinski definition) is 5. The third-order valence-corrected chi connectivity index (χ3v) is 5.51. The largest absolute Gasteiger partial charge is 0.361 e. The van der Waals surface area contributed by atoms with E-state index in [2.05, 4.69) is 15.5 Å². The van der Waals surface area contributed by atoms with Crippen molar-refractivity contribution in [3.63, 3.8) is 0 Å². The highest BCUT2D eigenvalue weighted by Crippen LogP contribution is 2.28. The van der Waals surface area contributed by atoms with E-state index in [1.807, 2.05) is 26.8 Å². The minimum absolute atomic E-state index is 0.218. The number of aromatic nitrogens is 2. The van der Waals surface area contributed by atoms with Gasteiger partial charge in [-0.25, -0.2) is 4.98 Å². The highest BCUT2D eigenvalue weighted by molar-refractivity contribution is 7.98. The number of amides is 1. The first-order valence-electron chi connectivity index (χ1n) is 8.03. The summed E-state index contributed by atoms with van der Waals surface area (Å²) in [6.45, 7) is 5.65. The van der Waals surface area contributed by atoms with Crippen molar-refractivity contribution in [3.8, 4) is 0 Å². The molecule has 0 aliphatic rings. The molecule has 1 aromatic carbocycles. The van der Waals surface area contributed by atoms with Gasteiger partial charge in [0.25, 0.3) is 5.91 Å². The normalized spacial score (nSPS) is 10.8. The van der Waals surface area contributed by atoms with Crippen LogP contribution in [0.2, 0.25) is 5.02 Å². The van der Waals surface area contributed by atoms with Gasteiger partial charge in [-0.15, -0.1) is 11.8 Å². The van der Waals surface area contributed by atoms with Crippen molar-refractivity contribution in [2.45, 2.75) is 31.6 Å². The fraction of sp³-hybridized carbons (Fsp3) is 0.211. The van der Waals surface area contributed by atoms with Crippen molar-refractivity contribution in [1.29, 1.82) is 0 Å². The fourth-order valence-electron chi connectivity index (χ4n) is 2.46. The molecule has 0 aliphatic carbocycles. The molecule has 1 N–H and O–H groups in total. The lowest BCUT2D eigenvalue weighted by Crippen LogP contribution is -2.14. The van der Waals surface area contributed by atoms with Gasteiger partial charge in [-0.05, 0) is 50.6 Å². The Bertz CT molecular complexity index is 936. The Kier molecular flexibility index (Phi) is 5.64. The lowest BCUT2D eigenvalue weighted by molar-refractivity contribution is 0.102. The zero-order valence-corrected chi connectivity index (χ0v) is 16.2. The molecule has 3 aromatic rings. The molecule has 0 atom stereocenters. The van der Waals surface area contributed by atoms with Gasteiger partial charge in [-0.1, -0.05) is 22.8 Å². The Morgan fingerprint density at radius 2 is 2.04 bits per heavy atom. The first-order chi connectivity index (χ1) is 12.5. The summed E-state index contributed by atoms with van der Waals surface area (Å²) in [6, 6.07) is 8.94. The molecule has 26 heavy (non-hydrogen) atoms. The van der Waals surface area contributed by atoms with E-state index in [1.54, 1.807) is 30.5 Å². The number of pyridine rings is 1. The van der Waals surface area contributed by atoms with E-state index in [0.29, 0.717) is 27.1 Å². The number of rotatable bonds is 5. The van der Waals surface area contributed by atoms with Crippen molar-refractivity contribution in [2.75, 3.05) is 5.32 Å². The molecule has 0 aliphatic heterocycles. The van der Waals surface area contributed by atoms with E-state index >= 15 is 0 Å². The van der Waals surface area contributed by atoms with E-state index in [4.69, 9.17) is 16.1 Å². The SMILES string of the molecule is Cc1noc(C)c1CSc1ncccc1C(=O)Nc1cccc(Cl)c1C. The Labute approximate surface area is 161 Å². The summed E-state index contributed by atoms with van der Waals surface area (Å²) in [5.41, 5.74) is 3.91. The summed E-state index contributed by atoms with van der Waals surface area (Å²) < 4.78 is 5.19. The first kappa shape index (κ1) is 18.5. The molecule has 0 spiro atoms. The Hall–Kier alpha value is -2.31. The zero-order valence-electron chi connectivity index (χ0n) is 14.7. The van der Waals surface area contributed by atoms with Crippen LogP contribution in [0.1, 0.15) is 32.9 Å². The van der Waals surface area contributed by atoms with Gasteiger partial charge >= 0.3 is 0 Å². The van der Waals surface area contributed by atoms with Crippen LogP contribution in [-0.2, 0) is 5.75 Å². The molecule has 134 valence electrons. The number of carbonyl (C=O) groups is 1. The van der Waals surface area contributed by atoms with Gasteiger partial charge in [-0.3, -0.25) is 4.79 Å². The third kappa shape index (κ3) is 3.92. The van der Waals surface area contributed by atoms with Crippen LogP contribution in [0.5, 0.6) is 0 Å². The number of anilines is 1. The zero-order chi connectivity index (χ0) is 18.7. The predicted octanol–water partition coefficient (Wildman–Crippen LogP) is 5.19. The molecule has 1 amide bonds. The molecule has 2 heterocycles. The molecule has 0 fully saturated rings. The number of nitrogens with zero attached hydrogens (tertiary/aromatic N) is 2. The molecule has 0 bridgehead atoms. The molecule has 3 rings (SSSR count). The Morgan fingerprint density at radius 1 is 1.23 bits per heavy atom. The maximum Gasteiger partial charge on any atom is 0.258 e. The number of thioether (sulfide) groups is 1. The van der Waals surface area contributed by atoms with Crippen molar-refractivity contribution >= 4 is 35.0 Å². The monoisotopic (exact) mass is 387 g/mol. The summed E-state index contributed by atoms with van der Waals surface area (Å²) in [4.78, 5) is 17.1. The highest BCUT2D eigenvalue weighted by atomic mass is 35.5. The van der Waals surface area contributed by atoms with Crippen LogP contribution in [0.4, 0.5) is 5.69 Å². The molecule has 7 heteroatoms. The quantitative estimate of drug-likeness (QED) is 0.610. The number of hydrogen-bond donors (Lipinski definition) is 1. The average Bonchev–Trinajstić information content (AvgIpc) is 2.95. The molecule has 5 nitrogen and oxygen atoms in total.